The molecule has 1 saturated heterocycles. The SMILES string of the molecule is CCCC(C(=O)NC=O)n1nc(C(F)F)c2cc(C3CCNCC3)ccc21. The maximum atomic E-state index is 13.6. The van der Waals surface area contributed by atoms with Gasteiger partial charge in [0.25, 0.3) is 12.3 Å². The second-order valence-electron chi connectivity index (χ2n) is 6.86. The second kappa shape index (κ2) is 8.56. The molecule has 1 aromatic heterocycles. The largest absolute Gasteiger partial charge is 0.317 e. The minimum absolute atomic E-state index is 0.305. The predicted molar refractivity (Wildman–Crippen MR) is 97.7 cm³/mol. The zero-order valence-corrected chi connectivity index (χ0v) is 15.3. The van der Waals surface area contributed by atoms with Gasteiger partial charge in [0.2, 0.25) is 6.41 Å². The van der Waals surface area contributed by atoms with Gasteiger partial charge in [0.05, 0.1) is 5.52 Å². The second-order valence-corrected chi connectivity index (χ2v) is 6.86. The number of carbonyl (C=O) groups excluding carboxylic acids is 2. The van der Waals surface area contributed by atoms with Crippen LogP contribution in [-0.2, 0) is 9.59 Å². The van der Waals surface area contributed by atoms with E-state index in [1.54, 1.807) is 12.1 Å². The van der Waals surface area contributed by atoms with E-state index in [4.69, 9.17) is 0 Å². The molecule has 2 N–H and O–H groups in total. The third-order valence-corrected chi connectivity index (χ3v) is 5.14. The Kier molecular flexibility index (Phi) is 6.15. The molecule has 0 bridgehead atoms. The zero-order valence-electron chi connectivity index (χ0n) is 15.3. The van der Waals surface area contributed by atoms with Gasteiger partial charge in [-0.2, -0.15) is 5.10 Å². The summed E-state index contributed by atoms with van der Waals surface area (Å²) in [6, 6.07) is 4.69. The number of aromatic nitrogens is 2. The molecule has 2 aromatic rings. The Balaban J connectivity index is 2.07. The lowest BCUT2D eigenvalue weighted by molar-refractivity contribution is -0.128. The van der Waals surface area contributed by atoms with Crippen LogP contribution in [0, 0.1) is 0 Å². The van der Waals surface area contributed by atoms with Gasteiger partial charge in [0, 0.05) is 5.39 Å². The van der Waals surface area contributed by atoms with Crippen LogP contribution in [0.25, 0.3) is 10.9 Å². The number of halogens is 2. The quantitative estimate of drug-likeness (QED) is 0.726. The molecule has 0 spiro atoms. The van der Waals surface area contributed by atoms with E-state index in [1.165, 1.54) is 4.68 Å². The van der Waals surface area contributed by atoms with Crippen LogP contribution in [0.3, 0.4) is 0 Å². The fourth-order valence-electron chi connectivity index (χ4n) is 3.78. The van der Waals surface area contributed by atoms with Gasteiger partial charge in [-0.1, -0.05) is 19.4 Å². The van der Waals surface area contributed by atoms with Gasteiger partial charge in [-0.3, -0.25) is 19.6 Å². The van der Waals surface area contributed by atoms with Crippen molar-refractivity contribution in [3.05, 3.63) is 29.5 Å². The van der Waals surface area contributed by atoms with E-state index in [9.17, 15) is 18.4 Å². The molecule has 0 radical (unpaired) electrons. The molecule has 2 amide bonds. The summed E-state index contributed by atoms with van der Waals surface area (Å²) in [4.78, 5) is 22.9. The Hall–Kier alpha value is -2.35. The normalized spacial score (nSPS) is 16.6. The Morgan fingerprint density at radius 2 is 2.15 bits per heavy atom. The molecular formula is C19H24F2N4O2. The van der Waals surface area contributed by atoms with E-state index in [0.29, 0.717) is 36.1 Å². The molecule has 0 saturated carbocycles. The van der Waals surface area contributed by atoms with Crippen molar-refractivity contribution in [1.82, 2.24) is 20.4 Å². The maximum Gasteiger partial charge on any atom is 0.282 e. The summed E-state index contributed by atoms with van der Waals surface area (Å²) in [5.41, 5.74) is 1.19. The average Bonchev–Trinajstić information content (AvgIpc) is 3.05. The molecule has 6 nitrogen and oxygen atoms in total. The van der Waals surface area contributed by atoms with E-state index in [1.807, 2.05) is 13.0 Å². The van der Waals surface area contributed by atoms with Gasteiger partial charge in [-0.25, -0.2) is 8.78 Å². The highest BCUT2D eigenvalue weighted by Gasteiger charge is 2.27. The Morgan fingerprint density at radius 3 is 2.78 bits per heavy atom. The van der Waals surface area contributed by atoms with Gasteiger partial charge in [-0.15, -0.1) is 0 Å². The minimum atomic E-state index is -2.74. The first kappa shape index (κ1) is 19.4. The van der Waals surface area contributed by atoms with Crippen LogP contribution in [0.5, 0.6) is 0 Å². The number of carbonyl (C=O) groups is 2. The van der Waals surface area contributed by atoms with Crippen molar-refractivity contribution in [1.29, 1.82) is 0 Å². The monoisotopic (exact) mass is 378 g/mol. The number of hydrogen-bond acceptors (Lipinski definition) is 4. The summed E-state index contributed by atoms with van der Waals surface area (Å²) >= 11 is 0. The number of rotatable bonds is 7. The van der Waals surface area contributed by atoms with E-state index >= 15 is 0 Å². The van der Waals surface area contributed by atoms with Gasteiger partial charge < -0.3 is 5.32 Å². The lowest BCUT2D eigenvalue weighted by Crippen LogP contribution is -2.32. The van der Waals surface area contributed by atoms with Crippen LogP contribution in [0.4, 0.5) is 8.78 Å². The zero-order chi connectivity index (χ0) is 19.4. The number of fused-ring (bicyclic) bond motifs is 1. The minimum Gasteiger partial charge on any atom is -0.317 e. The standard InChI is InChI=1S/C19H24F2N4O2/c1-2-3-16(19(27)23-11-26)25-15-5-4-13(12-6-8-22-9-7-12)10-14(15)17(24-25)18(20)21/h4-5,10-12,16,18,22H,2-3,6-9H2,1H3,(H,23,26,27). The summed E-state index contributed by atoms with van der Waals surface area (Å²) in [5.74, 6) is -0.214. The molecule has 27 heavy (non-hydrogen) atoms. The number of amides is 2. The summed E-state index contributed by atoms with van der Waals surface area (Å²) in [5, 5.41) is 9.87. The van der Waals surface area contributed by atoms with Crippen molar-refractivity contribution in [2.75, 3.05) is 13.1 Å². The third kappa shape index (κ3) is 4.00. The lowest BCUT2D eigenvalue weighted by Gasteiger charge is -2.23. The maximum absolute atomic E-state index is 13.6. The fraction of sp³-hybridized carbons (Fsp3) is 0.526. The van der Waals surface area contributed by atoms with Gasteiger partial charge >= 0.3 is 0 Å². The Bertz CT molecular complexity index is 815. The molecule has 8 heteroatoms. The molecule has 1 unspecified atom stereocenters. The number of nitrogens with one attached hydrogen (secondary N) is 2. The highest BCUT2D eigenvalue weighted by molar-refractivity contribution is 5.91. The van der Waals surface area contributed by atoms with E-state index < -0.39 is 18.4 Å². The summed E-state index contributed by atoms with van der Waals surface area (Å²) in [6.07, 6.45) is 0.534. The van der Waals surface area contributed by atoms with Crippen LogP contribution in [0.1, 0.15) is 62.2 Å². The van der Waals surface area contributed by atoms with Crippen LogP contribution >= 0.6 is 0 Å². The summed E-state index contributed by atoms with van der Waals surface area (Å²) in [7, 11) is 0. The topological polar surface area (TPSA) is 76.0 Å². The number of benzene rings is 1. The van der Waals surface area contributed by atoms with Crippen LogP contribution in [0.15, 0.2) is 18.2 Å². The van der Waals surface area contributed by atoms with Crippen molar-refractivity contribution < 1.29 is 18.4 Å². The van der Waals surface area contributed by atoms with Gasteiger partial charge in [0.15, 0.2) is 0 Å². The average molecular weight is 378 g/mol. The molecule has 0 aliphatic carbocycles. The van der Waals surface area contributed by atoms with Crippen LogP contribution in [-0.4, -0.2) is 35.2 Å². The smallest absolute Gasteiger partial charge is 0.282 e. The third-order valence-electron chi connectivity index (χ3n) is 5.14. The number of imide groups is 1. The molecule has 1 fully saturated rings. The van der Waals surface area contributed by atoms with Crippen molar-refractivity contribution in [2.45, 2.75) is 51.0 Å². The molecule has 2 heterocycles. The molecule has 1 aliphatic heterocycles. The Labute approximate surface area is 156 Å². The molecule has 146 valence electrons. The number of piperidine rings is 1. The van der Waals surface area contributed by atoms with E-state index in [2.05, 4.69) is 15.7 Å². The first-order chi connectivity index (χ1) is 13.1. The number of alkyl halides is 2. The van der Waals surface area contributed by atoms with Crippen molar-refractivity contribution in [3.8, 4) is 0 Å². The number of nitrogens with zero attached hydrogens (tertiary/aromatic N) is 2. The molecule has 1 atom stereocenters. The van der Waals surface area contributed by atoms with Gasteiger partial charge in [-0.05, 0) is 56.0 Å². The first-order valence-electron chi connectivity index (χ1n) is 9.31. The molecule has 1 aliphatic rings. The van der Waals surface area contributed by atoms with Crippen molar-refractivity contribution in [3.63, 3.8) is 0 Å². The molecule has 1 aromatic carbocycles. The van der Waals surface area contributed by atoms with Crippen LogP contribution < -0.4 is 10.6 Å². The van der Waals surface area contributed by atoms with E-state index in [0.717, 1.165) is 31.5 Å². The lowest BCUT2D eigenvalue weighted by atomic mass is 9.89. The van der Waals surface area contributed by atoms with Crippen molar-refractivity contribution >= 4 is 23.2 Å². The predicted octanol–water partition coefficient (Wildman–Crippen LogP) is 3.05. The summed E-state index contributed by atoms with van der Waals surface area (Å²) < 4.78 is 28.6. The van der Waals surface area contributed by atoms with Gasteiger partial charge in [0.1, 0.15) is 11.7 Å². The number of hydrogen-bond donors (Lipinski definition) is 2. The first-order valence-corrected chi connectivity index (χ1v) is 9.31. The fourth-order valence-corrected chi connectivity index (χ4v) is 3.78. The highest BCUT2D eigenvalue weighted by Crippen LogP contribution is 2.34. The highest BCUT2D eigenvalue weighted by atomic mass is 19.3. The van der Waals surface area contributed by atoms with Crippen molar-refractivity contribution in [2.24, 2.45) is 0 Å². The van der Waals surface area contributed by atoms with E-state index in [-0.39, 0.29) is 5.69 Å². The molecule has 3 rings (SSSR count). The molecular weight excluding hydrogens is 354 g/mol. The van der Waals surface area contributed by atoms with Crippen LogP contribution in [0.2, 0.25) is 0 Å². The summed E-state index contributed by atoms with van der Waals surface area (Å²) in [6.45, 7) is 3.71. The Morgan fingerprint density at radius 1 is 1.41 bits per heavy atom.